The first-order valence-corrected chi connectivity index (χ1v) is 23.0. The van der Waals surface area contributed by atoms with E-state index >= 15 is 0 Å². The number of rotatable bonds is 40. The highest BCUT2D eigenvalue weighted by Crippen LogP contribution is 2.43. The van der Waals surface area contributed by atoms with Crippen molar-refractivity contribution in [2.45, 2.75) is 180 Å². The number of allylic oxidation sites excluding steroid dienone is 11. The lowest BCUT2D eigenvalue weighted by Gasteiger charge is -2.19. The Labute approximate surface area is 331 Å². The van der Waals surface area contributed by atoms with E-state index < -0.39 is 13.9 Å². The molecule has 0 heterocycles. The molecular formula is C45H80NO7P. The van der Waals surface area contributed by atoms with Gasteiger partial charge in [0, 0.05) is 13.0 Å². The number of carbonyl (C=O) groups is 1. The van der Waals surface area contributed by atoms with Crippen LogP contribution in [0.5, 0.6) is 0 Å². The van der Waals surface area contributed by atoms with Gasteiger partial charge in [0.05, 0.1) is 19.5 Å². The molecule has 3 N–H and O–H groups in total. The van der Waals surface area contributed by atoms with Gasteiger partial charge in [-0.15, -0.1) is 0 Å². The normalized spacial score (nSPS) is 14.1. The maximum absolute atomic E-state index is 12.4. The molecule has 8 nitrogen and oxygen atoms in total. The monoisotopic (exact) mass is 778 g/mol. The van der Waals surface area contributed by atoms with Gasteiger partial charge >= 0.3 is 13.8 Å². The molecule has 2 unspecified atom stereocenters. The first kappa shape index (κ1) is 51.8. The van der Waals surface area contributed by atoms with E-state index in [-0.39, 0.29) is 32.3 Å². The highest BCUT2D eigenvalue weighted by molar-refractivity contribution is 7.47. The topological polar surface area (TPSA) is 117 Å². The number of phosphoric acid groups is 1. The van der Waals surface area contributed by atoms with Crippen LogP contribution in [0.4, 0.5) is 0 Å². The van der Waals surface area contributed by atoms with E-state index in [4.69, 9.17) is 24.3 Å². The van der Waals surface area contributed by atoms with Gasteiger partial charge in [-0.25, -0.2) is 4.57 Å². The Bertz CT molecular complexity index is 1050. The van der Waals surface area contributed by atoms with E-state index in [1.54, 1.807) is 6.26 Å². The van der Waals surface area contributed by atoms with Gasteiger partial charge in [0.2, 0.25) is 0 Å². The van der Waals surface area contributed by atoms with Crippen molar-refractivity contribution < 1.29 is 32.8 Å². The van der Waals surface area contributed by atoms with Crippen LogP contribution in [0.1, 0.15) is 174 Å². The summed E-state index contributed by atoms with van der Waals surface area (Å²) in [7, 11) is -4.28. The second-order valence-corrected chi connectivity index (χ2v) is 15.3. The zero-order valence-corrected chi connectivity index (χ0v) is 35.3. The molecule has 0 bridgehead atoms. The largest absolute Gasteiger partial charge is 0.492 e. The third kappa shape index (κ3) is 41.0. The summed E-state index contributed by atoms with van der Waals surface area (Å²) in [5.41, 5.74) is 5.36. The van der Waals surface area contributed by atoms with E-state index in [1.807, 2.05) is 6.08 Å². The van der Waals surface area contributed by atoms with Crippen LogP contribution in [0.2, 0.25) is 0 Å². The highest BCUT2D eigenvalue weighted by Gasteiger charge is 2.24. The van der Waals surface area contributed by atoms with Crippen molar-refractivity contribution in [3.63, 3.8) is 0 Å². The minimum Gasteiger partial charge on any atom is -0.492 e. The number of carbonyl (C=O) groups excluding carboxylic acids is 1. The van der Waals surface area contributed by atoms with Gasteiger partial charge in [-0.2, -0.15) is 0 Å². The molecule has 0 fully saturated rings. The Morgan fingerprint density at radius 3 is 1.57 bits per heavy atom. The summed E-state index contributed by atoms with van der Waals surface area (Å²) in [5, 5.41) is 0. The summed E-state index contributed by atoms with van der Waals surface area (Å²) in [6.45, 7) is 4.06. The third-order valence-corrected chi connectivity index (χ3v) is 9.71. The lowest BCUT2D eigenvalue weighted by molar-refractivity contribution is -0.147. The lowest BCUT2D eigenvalue weighted by Crippen LogP contribution is -2.25. The summed E-state index contributed by atoms with van der Waals surface area (Å²) in [4.78, 5) is 22.3. The van der Waals surface area contributed by atoms with E-state index in [2.05, 4.69) is 74.6 Å². The minimum absolute atomic E-state index is 0.0844. The zero-order chi connectivity index (χ0) is 39.5. The molecule has 0 amide bonds. The standard InChI is InChI=1S/C45H80NO7P/c1-3-5-7-9-11-13-15-17-19-21-22-23-24-26-28-30-32-34-36-38-45(47)51-42-44(43-53-54(48,49)52-41-39-46)50-40-37-35-33-31-29-27-25-20-18-16-14-12-10-8-6-4-2/h5,7,11,13,17,19,22-23,26,28,37,40,44H,3-4,6,8-10,12,14-16,18,20-21,24-25,27,29-36,38-39,41-43,46H2,1-2H3,(H,48,49). The highest BCUT2D eigenvalue weighted by atomic mass is 31.2. The van der Waals surface area contributed by atoms with E-state index in [0.29, 0.717) is 6.42 Å². The maximum atomic E-state index is 12.4. The number of ether oxygens (including phenoxy) is 2. The summed E-state index contributed by atoms with van der Waals surface area (Å²) in [6, 6.07) is 0. The summed E-state index contributed by atoms with van der Waals surface area (Å²) in [6.07, 6.45) is 53.0. The van der Waals surface area contributed by atoms with Crippen molar-refractivity contribution in [1.29, 1.82) is 0 Å². The zero-order valence-electron chi connectivity index (χ0n) is 34.4. The van der Waals surface area contributed by atoms with Gasteiger partial charge in [-0.3, -0.25) is 13.8 Å². The van der Waals surface area contributed by atoms with Crippen molar-refractivity contribution in [2.24, 2.45) is 5.73 Å². The molecule has 0 aromatic rings. The van der Waals surface area contributed by atoms with Gasteiger partial charge in [0.1, 0.15) is 6.61 Å². The molecule has 2 atom stereocenters. The third-order valence-electron chi connectivity index (χ3n) is 8.73. The molecule has 0 aliphatic rings. The van der Waals surface area contributed by atoms with Crippen molar-refractivity contribution >= 4 is 13.8 Å². The minimum atomic E-state index is -4.28. The molecule has 0 aliphatic heterocycles. The molecule has 0 aromatic heterocycles. The van der Waals surface area contributed by atoms with Crippen LogP contribution in [0.25, 0.3) is 0 Å². The van der Waals surface area contributed by atoms with E-state index in [1.165, 1.54) is 83.5 Å². The molecular weight excluding hydrogens is 697 g/mol. The fourth-order valence-electron chi connectivity index (χ4n) is 5.54. The van der Waals surface area contributed by atoms with E-state index in [0.717, 1.165) is 70.6 Å². The molecule has 312 valence electrons. The molecule has 0 aromatic carbocycles. The average molecular weight is 778 g/mol. The number of hydrogen-bond donors (Lipinski definition) is 2. The average Bonchev–Trinajstić information content (AvgIpc) is 3.16. The summed E-state index contributed by atoms with van der Waals surface area (Å²) in [5.74, 6) is -0.323. The number of phosphoric ester groups is 1. The molecule has 0 saturated heterocycles. The van der Waals surface area contributed by atoms with Crippen LogP contribution >= 0.6 is 7.82 Å². The van der Waals surface area contributed by atoms with Crippen LogP contribution in [0.3, 0.4) is 0 Å². The first-order chi connectivity index (χ1) is 26.4. The second kappa shape index (κ2) is 41.9. The quantitative estimate of drug-likeness (QED) is 0.0208. The van der Waals surface area contributed by atoms with Crippen LogP contribution in [-0.4, -0.2) is 43.3 Å². The Hall–Kier alpha value is -2.22. The number of unbranched alkanes of at least 4 members (excludes halogenated alkanes) is 17. The Balaban J connectivity index is 4.16. The Morgan fingerprint density at radius 2 is 1.06 bits per heavy atom. The van der Waals surface area contributed by atoms with Gasteiger partial charge in [-0.05, 0) is 70.3 Å². The smallest absolute Gasteiger partial charge is 0.472 e. The van der Waals surface area contributed by atoms with Crippen LogP contribution in [-0.2, 0) is 27.9 Å². The molecule has 0 radical (unpaired) electrons. The SMILES string of the molecule is CCC=CCC=CCC=CCC=CCC=CCCCCCC(=O)OCC(COP(=O)(O)OCCN)OC=CCCCCCCCCCCCCCCCC. The van der Waals surface area contributed by atoms with Crippen LogP contribution in [0, 0.1) is 0 Å². The van der Waals surface area contributed by atoms with Crippen LogP contribution in [0.15, 0.2) is 73.1 Å². The number of esters is 1. The van der Waals surface area contributed by atoms with Crippen molar-refractivity contribution in [1.82, 2.24) is 0 Å². The fourth-order valence-corrected chi connectivity index (χ4v) is 6.30. The molecule has 0 rings (SSSR count). The summed E-state index contributed by atoms with van der Waals surface area (Å²) >= 11 is 0. The van der Waals surface area contributed by atoms with Crippen molar-refractivity contribution in [2.75, 3.05) is 26.4 Å². The molecule has 9 heteroatoms. The molecule has 54 heavy (non-hydrogen) atoms. The lowest BCUT2D eigenvalue weighted by atomic mass is 10.0. The Kier molecular flexibility index (Phi) is 40.2. The maximum Gasteiger partial charge on any atom is 0.472 e. The number of hydrogen-bond acceptors (Lipinski definition) is 7. The van der Waals surface area contributed by atoms with Gasteiger partial charge in [0.15, 0.2) is 6.10 Å². The first-order valence-electron chi connectivity index (χ1n) is 21.5. The predicted molar refractivity (Wildman–Crippen MR) is 228 cm³/mol. The molecule has 0 saturated carbocycles. The number of nitrogens with two attached hydrogens (primary N) is 1. The van der Waals surface area contributed by atoms with Gasteiger partial charge in [0.25, 0.3) is 0 Å². The van der Waals surface area contributed by atoms with E-state index in [9.17, 15) is 14.3 Å². The van der Waals surface area contributed by atoms with Crippen LogP contribution < -0.4 is 5.73 Å². The molecule has 0 aliphatic carbocycles. The van der Waals surface area contributed by atoms with Crippen molar-refractivity contribution in [3.05, 3.63) is 73.1 Å². The summed E-state index contributed by atoms with van der Waals surface area (Å²) < 4.78 is 33.2. The Morgan fingerprint density at radius 1 is 0.593 bits per heavy atom. The van der Waals surface area contributed by atoms with Crippen molar-refractivity contribution in [3.8, 4) is 0 Å². The van der Waals surface area contributed by atoms with Gasteiger partial charge in [-0.1, -0.05) is 164 Å². The fraction of sp³-hybridized carbons (Fsp3) is 0.711. The predicted octanol–water partition coefficient (Wildman–Crippen LogP) is 13.1. The van der Waals surface area contributed by atoms with Gasteiger partial charge < -0.3 is 20.1 Å². The second-order valence-electron chi connectivity index (χ2n) is 13.9. The molecule has 0 spiro atoms.